The molecule has 16 heavy (non-hydrogen) atoms. The summed E-state index contributed by atoms with van der Waals surface area (Å²) in [6.45, 7) is 6.44. The van der Waals surface area contributed by atoms with Crippen molar-refractivity contribution in [1.29, 1.82) is 0 Å². The van der Waals surface area contributed by atoms with Crippen LogP contribution in [-0.4, -0.2) is 6.04 Å². The quantitative estimate of drug-likeness (QED) is 0.855. The summed E-state index contributed by atoms with van der Waals surface area (Å²) in [5.74, 6) is 0.533. The zero-order valence-corrected chi connectivity index (χ0v) is 10.2. The average Bonchev–Trinajstić information content (AvgIpc) is 2.64. The van der Waals surface area contributed by atoms with E-state index in [1.807, 2.05) is 13.0 Å². The van der Waals surface area contributed by atoms with Crippen LogP contribution >= 0.6 is 0 Å². The fourth-order valence-corrected chi connectivity index (χ4v) is 2.01. The number of rotatable bonds is 3. The number of hydrogen-bond donors (Lipinski definition) is 1. The fraction of sp³-hybridized carbons (Fsp3) is 0.429. The maximum atomic E-state index is 5.87. The third-order valence-corrected chi connectivity index (χ3v) is 2.86. The van der Waals surface area contributed by atoms with Gasteiger partial charge in [-0.1, -0.05) is 19.9 Å². The van der Waals surface area contributed by atoms with Gasteiger partial charge in [0.25, 0.3) is 0 Å². The first-order chi connectivity index (χ1) is 7.58. The van der Waals surface area contributed by atoms with E-state index in [4.69, 9.17) is 10.2 Å². The van der Waals surface area contributed by atoms with E-state index in [0.29, 0.717) is 5.92 Å². The number of benzene rings is 1. The second-order valence-electron chi connectivity index (χ2n) is 4.86. The average molecular weight is 217 g/mol. The molecule has 2 heteroatoms. The Kier molecular flexibility index (Phi) is 3.01. The zero-order valence-electron chi connectivity index (χ0n) is 10.2. The maximum Gasteiger partial charge on any atom is 0.137 e. The predicted molar refractivity (Wildman–Crippen MR) is 67.7 cm³/mol. The van der Waals surface area contributed by atoms with Crippen LogP contribution in [0.4, 0.5) is 0 Å². The molecule has 0 fully saturated rings. The first-order valence-corrected chi connectivity index (χ1v) is 5.83. The van der Waals surface area contributed by atoms with Gasteiger partial charge < -0.3 is 10.2 Å². The molecule has 1 aromatic carbocycles. The topological polar surface area (TPSA) is 39.2 Å². The van der Waals surface area contributed by atoms with Crippen LogP contribution in [0.15, 0.2) is 28.9 Å². The van der Waals surface area contributed by atoms with E-state index in [0.717, 1.165) is 12.0 Å². The molecule has 0 aliphatic carbocycles. The van der Waals surface area contributed by atoms with Gasteiger partial charge in [0.1, 0.15) is 5.58 Å². The normalized spacial score (nSPS) is 13.6. The molecule has 86 valence electrons. The lowest BCUT2D eigenvalue weighted by Gasteiger charge is -2.11. The molecule has 1 heterocycles. The van der Waals surface area contributed by atoms with Crippen LogP contribution in [0.25, 0.3) is 11.0 Å². The summed E-state index contributed by atoms with van der Waals surface area (Å²) >= 11 is 0. The van der Waals surface area contributed by atoms with Gasteiger partial charge in [-0.25, -0.2) is 0 Å². The number of nitrogens with two attached hydrogens (primary N) is 1. The van der Waals surface area contributed by atoms with Crippen LogP contribution in [0.2, 0.25) is 0 Å². The van der Waals surface area contributed by atoms with Crippen LogP contribution in [0.1, 0.15) is 37.8 Å². The molecule has 2 aromatic rings. The molecule has 0 amide bonds. The van der Waals surface area contributed by atoms with E-state index in [1.165, 1.54) is 16.5 Å². The Bertz CT molecular complexity index is 482. The van der Waals surface area contributed by atoms with E-state index in [1.54, 1.807) is 6.26 Å². The minimum absolute atomic E-state index is 0.163. The molecule has 1 aromatic heterocycles. The molecule has 2 nitrogen and oxygen atoms in total. The first kappa shape index (κ1) is 11.2. The summed E-state index contributed by atoms with van der Waals surface area (Å²) < 4.78 is 5.53. The molecule has 0 bridgehead atoms. The van der Waals surface area contributed by atoms with Crippen LogP contribution in [0.5, 0.6) is 0 Å². The second kappa shape index (κ2) is 4.30. The van der Waals surface area contributed by atoms with Gasteiger partial charge in [0, 0.05) is 11.4 Å². The van der Waals surface area contributed by atoms with Crippen LogP contribution in [-0.2, 0) is 6.42 Å². The van der Waals surface area contributed by atoms with Crippen molar-refractivity contribution < 1.29 is 4.42 Å². The minimum Gasteiger partial charge on any atom is -0.464 e. The fourth-order valence-electron chi connectivity index (χ4n) is 2.01. The molecule has 0 aliphatic heterocycles. The number of fused-ring (bicyclic) bond motifs is 1. The monoisotopic (exact) mass is 217 g/mol. The van der Waals surface area contributed by atoms with Gasteiger partial charge >= 0.3 is 0 Å². The molecular formula is C14H19NO. The summed E-state index contributed by atoms with van der Waals surface area (Å²) in [6, 6.07) is 6.61. The van der Waals surface area contributed by atoms with Gasteiger partial charge in [0.15, 0.2) is 0 Å². The van der Waals surface area contributed by atoms with Crippen molar-refractivity contribution in [2.75, 3.05) is 0 Å². The molecular weight excluding hydrogens is 198 g/mol. The number of hydrogen-bond acceptors (Lipinski definition) is 2. The molecule has 0 radical (unpaired) electrons. The van der Waals surface area contributed by atoms with E-state index in [9.17, 15) is 0 Å². The summed E-state index contributed by atoms with van der Waals surface area (Å²) in [7, 11) is 0. The maximum absolute atomic E-state index is 5.87. The smallest absolute Gasteiger partial charge is 0.137 e. The van der Waals surface area contributed by atoms with Gasteiger partial charge in [0.05, 0.1) is 6.26 Å². The van der Waals surface area contributed by atoms with Gasteiger partial charge in [0.2, 0.25) is 0 Å². The lowest BCUT2D eigenvalue weighted by atomic mass is 9.96. The highest BCUT2D eigenvalue weighted by Gasteiger charge is 2.10. The Labute approximate surface area is 96.4 Å². The first-order valence-electron chi connectivity index (χ1n) is 5.83. The summed E-state index contributed by atoms with van der Waals surface area (Å²) in [4.78, 5) is 0. The van der Waals surface area contributed by atoms with Crippen LogP contribution in [0, 0.1) is 0 Å². The molecule has 0 spiro atoms. The zero-order chi connectivity index (χ0) is 11.7. The van der Waals surface area contributed by atoms with Gasteiger partial charge in [-0.05, 0) is 42.5 Å². The van der Waals surface area contributed by atoms with E-state index >= 15 is 0 Å². The largest absolute Gasteiger partial charge is 0.464 e. The summed E-state index contributed by atoms with van der Waals surface area (Å²) in [5, 5.41) is 1.18. The Morgan fingerprint density at radius 3 is 2.62 bits per heavy atom. The molecule has 0 saturated heterocycles. The van der Waals surface area contributed by atoms with Crippen molar-refractivity contribution >= 4 is 11.0 Å². The molecule has 2 N–H and O–H groups in total. The Hall–Kier alpha value is -1.28. The van der Waals surface area contributed by atoms with Crippen LogP contribution in [0.3, 0.4) is 0 Å². The third-order valence-electron chi connectivity index (χ3n) is 2.86. The molecule has 0 saturated carbocycles. The Balaban J connectivity index is 2.54. The molecule has 0 aliphatic rings. The third kappa shape index (κ3) is 2.12. The van der Waals surface area contributed by atoms with E-state index in [-0.39, 0.29) is 6.04 Å². The van der Waals surface area contributed by atoms with E-state index < -0.39 is 0 Å². The summed E-state index contributed by atoms with van der Waals surface area (Å²) in [6.07, 6.45) is 2.62. The Morgan fingerprint density at radius 1 is 1.25 bits per heavy atom. The lowest BCUT2D eigenvalue weighted by molar-refractivity contribution is 0.606. The lowest BCUT2D eigenvalue weighted by Crippen LogP contribution is -2.18. The highest BCUT2D eigenvalue weighted by molar-refractivity contribution is 5.81. The van der Waals surface area contributed by atoms with Crippen molar-refractivity contribution in [1.82, 2.24) is 0 Å². The number of furan rings is 1. The highest BCUT2D eigenvalue weighted by atomic mass is 16.3. The van der Waals surface area contributed by atoms with Gasteiger partial charge in [-0.3, -0.25) is 0 Å². The summed E-state index contributed by atoms with van der Waals surface area (Å²) in [5.41, 5.74) is 9.43. The van der Waals surface area contributed by atoms with Gasteiger partial charge in [-0.2, -0.15) is 0 Å². The minimum atomic E-state index is 0.163. The van der Waals surface area contributed by atoms with Crippen molar-refractivity contribution in [2.45, 2.75) is 39.2 Å². The molecule has 2 rings (SSSR count). The van der Waals surface area contributed by atoms with E-state index in [2.05, 4.69) is 26.0 Å². The highest BCUT2D eigenvalue weighted by Crippen LogP contribution is 2.26. The van der Waals surface area contributed by atoms with Crippen molar-refractivity contribution in [3.05, 3.63) is 35.6 Å². The van der Waals surface area contributed by atoms with Gasteiger partial charge in [-0.15, -0.1) is 0 Å². The van der Waals surface area contributed by atoms with Crippen molar-refractivity contribution in [2.24, 2.45) is 5.73 Å². The predicted octanol–water partition coefficient (Wildman–Crippen LogP) is 3.45. The van der Waals surface area contributed by atoms with Crippen LogP contribution < -0.4 is 5.73 Å². The SMILES string of the molecule is CC(N)Cc1cc(C(C)C)cc2ccoc12. The Morgan fingerprint density at radius 2 is 2.00 bits per heavy atom. The van der Waals surface area contributed by atoms with Crippen molar-refractivity contribution in [3.8, 4) is 0 Å². The molecule has 1 atom stereocenters. The second-order valence-corrected chi connectivity index (χ2v) is 4.86. The standard InChI is InChI=1S/C14H19NO/c1-9(2)12-7-11-4-5-16-14(11)13(8-12)6-10(3)15/h4-5,7-10H,6,15H2,1-3H3. The van der Waals surface area contributed by atoms with Crippen molar-refractivity contribution in [3.63, 3.8) is 0 Å². The molecule has 1 unspecified atom stereocenters.